The molecule has 2 aliphatic heterocycles. The minimum absolute atomic E-state index is 0.0314. The largest absolute Gasteiger partial charge is 0.486 e. The molecule has 132 valence electrons. The van der Waals surface area contributed by atoms with Crippen LogP contribution in [0.25, 0.3) is 0 Å². The zero-order valence-corrected chi connectivity index (χ0v) is 14.2. The molecular formula is C19H22N2O4. The lowest BCUT2D eigenvalue weighted by atomic mass is 10.2. The number of furan rings is 1. The van der Waals surface area contributed by atoms with Gasteiger partial charge in [-0.2, -0.15) is 0 Å². The van der Waals surface area contributed by atoms with Gasteiger partial charge in [-0.15, -0.1) is 0 Å². The first-order chi connectivity index (χ1) is 12.2. The van der Waals surface area contributed by atoms with Crippen molar-refractivity contribution < 1.29 is 18.7 Å². The quantitative estimate of drug-likeness (QED) is 0.920. The highest BCUT2D eigenvalue weighted by Gasteiger charge is 2.38. The van der Waals surface area contributed by atoms with E-state index in [0.29, 0.717) is 31.0 Å². The van der Waals surface area contributed by atoms with E-state index in [2.05, 4.69) is 5.32 Å². The van der Waals surface area contributed by atoms with Gasteiger partial charge in [-0.1, -0.05) is 17.7 Å². The Morgan fingerprint density at radius 3 is 2.92 bits per heavy atom. The van der Waals surface area contributed by atoms with E-state index >= 15 is 0 Å². The number of rotatable bonds is 4. The molecule has 6 nitrogen and oxygen atoms in total. The van der Waals surface area contributed by atoms with Crippen molar-refractivity contribution in [2.45, 2.75) is 25.7 Å². The maximum absolute atomic E-state index is 12.9. The maximum Gasteiger partial charge on any atom is 0.257 e. The van der Waals surface area contributed by atoms with Crippen molar-refractivity contribution in [2.75, 3.05) is 26.2 Å². The van der Waals surface area contributed by atoms with E-state index in [9.17, 15) is 4.79 Å². The molecule has 2 aromatic rings. The summed E-state index contributed by atoms with van der Waals surface area (Å²) in [4.78, 5) is 14.7. The van der Waals surface area contributed by atoms with Crippen molar-refractivity contribution in [2.24, 2.45) is 0 Å². The molecule has 6 heteroatoms. The fourth-order valence-electron chi connectivity index (χ4n) is 3.36. The highest BCUT2D eigenvalue weighted by atomic mass is 16.5. The number of amides is 1. The minimum atomic E-state index is -0.0314. The van der Waals surface area contributed by atoms with Crippen LogP contribution in [0.5, 0.6) is 5.75 Å². The van der Waals surface area contributed by atoms with Crippen LogP contribution in [0.15, 0.2) is 41.0 Å². The summed E-state index contributed by atoms with van der Waals surface area (Å²) in [6.45, 7) is 5.06. The number of hydrogen-bond acceptors (Lipinski definition) is 5. The molecule has 0 saturated carbocycles. The van der Waals surface area contributed by atoms with Gasteiger partial charge in [-0.05, 0) is 25.1 Å². The molecule has 0 radical (unpaired) electrons. The number of morpholine rings is 1. The maximum atomic E-state index is 12.9. The fourth-order valence-corrected chi connectivity index (χ4v) is 3.36. The summed E-state index contributed by atoms with van der Waals surface area (Å²) >= 11 is 0. The highest BCUT2D eigenvalue weighted by molar-refractivity contribution is 5.95. The second-order valence-electron chi connectivity index (χ2n) is 6.54. The fraction of sp³-hybridized carbons (Fsp3) is 0.421. The first-order valence-electron chi connectivity index (χ1n) is 8.61. The SMILES string of the molecule is Cc1ccc(OCc2occc2C(=O)N2C[C@@H]3NCCO[C@H]3C2)cc1. The van der Waals surface area contributed by atoms with Gasteiger partial charge in [0.2, 0.25) is 0 Å². The third kappa shape index (κ3) is 3.41. The molecule has 1 aromatic heterocycles. The van der Waals surface area contributed by atoms with Crippen LogP contribution in [-0.4, -0.2) is 49.2 Å². The first kappa shape index (κ1) is 16.2. The van der Waals surface area contributed by atoms with Crippen LogP contribution < -0.4 is 10.1 Å². The second kappa shape index (κ2) is 6.90. The Hall–Kier alpha value is -2.31. The zero-order valence-electron chi connectivity index (χ0n) is 14.2. The van der Waals surface area contributed by atoms with Crippen LogP contribution >= 0.6 is 0 Å². The molecule has 0 spiro atoms. The number of likely N-dealkylation sites (tertiary alicyclic amines) is 1. The molecule has 1 N–H and O–H groups in total. The monoisotopic (exact) mass is 342 g/mol. The summed E-state index contributed by atoms with van der Waals surface area (Å²) < 4.78 is 17.0. The number of ether oxygens (including phenoxy) is 2. The summed E-state index contributed by atoms with van der Waals surface area (Å²) in [5.41, 5.74) is 1.73. The van der Waals surface area contributed by atoms with Crippen molar-refractivity contribution in [3.63, 3.8) is 0 Å². The molecule has 0 unspecified atom stereocenters. The molecule has 1 aromatic carbocycles. The predicted molar refractivity (Wildman–Crippen MR) is 91.7 cm³/mol. The molecule has 0 aliphatic carbocycles. The number of carbonyl (C=O) groups is 1. The van der Waals surface area contributed by atoms with Gasteiger partial charge in [0.1, 0.15) is 12.4 Å². The van der Waals surface area contributed by atoms with Gasteiger partial charge in [0.15, 0.2) is 5.76 Å². The minimum Gasteiger partial charge on any atom is -0.486 e. The van der Waals surface area contributed by atoms with E-state index in [4.69, 9.17) is 13.9 Å². The molecule has 0 bridgehead atoms. The molecule has 2 atom stereocenters. The van der Waals surface area contributed by atoms with E-state index < -0.39 is 0 Å². The Labute approximate surface area is 146 Å². The summed E-state index contributed by atoms with van der Waals surface area (Å²) in [6.07, 6.45) is 1.62. The van der Waals surface area contributed by atoms with Gasteiger partial charge in [-0.3, -0.25) is 4.79 Å². The van der Waals surface area contributed by atoms with Crippen LogP contribution in [0, 0.1) is 6.92 Å². The standard InChI is InChI=1S/C19H22N2O4/c1-13-2-4-14(5-3-13)25-12-18-15(6-8-23-18)19(22)21-10-16-17(11-21)24-9-7-20-16/h2-6,8,16-17,20H,7,9-12H2,1H3/t16-,17-/m0/s1. The third-order valence-corrected chi connectivity index (χ3v) is 4.76. The molecule has 2 aliphatic rings. The lowest BCUT2D eigenvalue weighted by Crippen LogP contribution is -2.47. The van der Waals surface area contributed by atoms with Crippen LogP contribution in [-0.2, 0) is 11.3 Å². The Bertz CT molecular complexity index is 726. The molecule has 2 fully saturated rings. The summed E-state index contributed by atoms with van der Waals surface area (Å²) in [6, 6.07) is 9.73. The van der Waals surface area contributed by atoms with Gasteiger partial charge < -0.3 is 24.1 Å². The van der Waals surface area contributed by atoms with E-state index in [-0.39, 0.29) is 24.7 Å². The first-order valence-corrected chi connectivity index (χ1v) is 8.61. The second-order valence-corrected chi connectivity index (χ2v) is 6.54. The lowest BCUT2D eigenvalue weighted by molar-refractivity contribution is 0.0176. The van der Waals surface area contributed by atoms with Crippen LogP contribution in [0.1, 0.15) is 21.7 Å². The molecule has 3 heterocycles. The van der Waals surface area contributed by atoms with Gasteiger partial charge in [0.25, 0.3) is 5.91 Å². The number of benzene rings is 1. The summed E-state index contributed by atoms with van der Waals surface area (Å²) in [7, 11) is 0. The van der Waals surface area contributed by atoms with E-state index in [1.54, 1.807) is 12.3 Å². The van der Waals surface area contributed by atoms with Gasteiger partial charge in [-0.25, -0.2) is 0 Å². The number of aryl methyl sites for hydroxylation is 1. The number of nitrogens with zero attached hydrogens (tertiary/aromatic N) is 1. The Kier molecular flexibility index (Phi) is 4.46. The van der Waals surface area contributed by atoms with E-state index in [0.717, 1.165) is 12.3 Å². The Balaban J connectivity index is 1.42. The van der Waals surface area contributed by atoms with Gasteiger partial charge in [0, 0.05) is 19.6 Å². The zero-order chi connectivity index (χ0) is 17.2. The molecule has 4 rings (SSSR count). The molecule has 2 saturated heterocycles. The van der Waals surface area contributed by atoms with Crippen LogP contribution in [0.2, 0.25) is 0 Å². The van der Waals surface area contributed by atoms with Crippen molar-refractivity contribution >= 4 is 5.91 Å². The van der Waals surface area contributed by atoms with Gasteiger partial charge >= 0.3 is 0 Å². The predicted octanol–water partition coefficient (Wildman–Crippen LogP) is 1.98. The van der Waals surface area contributed by atoms with E-state index in [1.807, 2.05) is 36.1 Å². The number of nitrogens with one attached hydrogen (secondary N) is 1. The normalized spacial score (nSPS) is 22.7. The van der Waals surface area contributed by atoms with Crippen molar-refractivity contribution in [1.82, 2.24) is 10.2 Å². The summed E-state index contributed by atoms with van der Waals surface area (Å²) in [5, 5.41) is 3.41. The molecule has 25 heavy (non-hydrogen) atoms. The number of hydrogen-bond donors (Lipinski definition) is 1. The Morgan fingerprint density at radius 2 is 2.12 bits per heavy atom. The summed E-state index contributed by atoms with van der Waals surface area (Å²) in [5.74, 6) is 1.27. The van der Waals surface area contributed by atoms with Gasteiger partial charge in [0.05, 0.1) is 30.6 Å². The topological polar surface area (TPSA) is 63.9 Å². The smallest absolute Gasteiger partial charge is 0.257 e. The van der Waals surface area contributed by atoms with Crippen LogP contribution in [0.4, 0.5) is 0 Å². The molecular weight excluding hydrogens is 320 g/mol. The number of carbonyl (C=O) groups excluding carboxylic acids is 1. The number of fused-ring (bicyclic) bond motifs is 1. The van der Waals surface area contributed by atoms with Crippen molar-refractivity contribution in [3.8, 4) is 5.75 Å². The average molecular weight is 342 g/mol. The average Bonchev–Trinajstić information content (AvgIpc) is 3.27. The Morgan fingerprint density at radius 1 is 1.28 bits per heavy atom. The molecule has 1 amide bonds. The van der Waals surface area contributed by atoms with Crippen LogP contribution in [0.3, 0.4) is 0 Å². The highest BCUT2D eigenvalue weighted by Crippen LogP contribution is 2.22. The third-order valence-electron chi connectivity index (χ3n) is 4.76. The van der Waals surface area contributed by atoms with E-state index in [1.165, 1.54) is 5.56 Å². The lowest BCUT2D eigenvalue weighted by Gasteiger charge is -2.25. The van der Waals surface area contributed by atoms with Crippen molar-refractivity contribution in [3.05, 3.63) is 53.5 Å². The van der Waals surface area contributed by atoms with Crippen molar-refractivity contribution in [1.29, 1.82) is 0 Å².